The van der Waals surface area contributed by atoms with Gasteiger partial charge in [-0.15, -0.1) is 0 Å². The zero-order valence-corrected chi connectivity index (χ0v) is 19.2. The third-order valence-corrected chi connectivity index (χ3v) is 5.16. The summed E-state index contributed by atoms with van der Waals surface area (Å²) in [6.07, 6.45) is 4.45. The number of carbonyl (C=O) groups excluding carboxylic acids is 1. The second-order valence-electron chi connectivity index (χ2n) is 7.52. The molecule has 0 saturated heterocycles. The van der Waals surface area contributed by atoms with Gasteiger partial charge >= 0.3 is 0 Å². The van der Waals surface area contributed by atoms with Gasteiger partial charge in [-0.05, 0) is 36.8 Å². The second-order valence-corrected chi connectivity index (χ2v) is 7.52. The number of rotatable bonds is 7. The number of methoxy groups -OCH3 is 1. The van der Waals surface area contributed by atoms with Crippen molar-refractivity contribution in [2.75, 3.05) is 24.8 Å². The Balaban J connectivity index is 1.73. The number of carbonyl (C=O) groups is 1. The average Bonchev–Trinajstić information content (AvgIpc) is 3.27. The molecule has 34 heavy (non-hydrogen) atoms. The molecular weight excluding hydrogens is 437 g/mol. The number of halogens is 1. The smallest absolute Gasteiger partial charge is 0.254 e. The molecule has 0 aliphatic carbocycles. The Morgan fingerprint density at radius 1 is 1.06 bits per heavy atom. The van der Waals surface area contributed by atoms with Gasteiger partial charge in [-0.25, -0.2) is 14.4 Å². The number of aryl methyl sites for hydroxylation is 2. The number of anilines is 4. The molecule has 0 unspecified atom stereocenters. The fourth-order valence-corrected chi connectivity index (χ4v) is 3.44. The van der Waals surface area contributed by atoms with E-state index < -0.39 is 5.82 Å². The van der Waals surface area contributed by atoms with Crippen molar-refractivity contribution in [3.63, 3.8) is 0 Å². The fraction of sp³-hybridized carbons (Fsp3) is 0.167. The van der Waals surface area contributed by atoms with E-state index in [1.165, 1.54) is 6.20 Å². The first-order valence-corrected chi connectivity index (χ1v) is 10.4. The summed E-state index contributed by atoms with van der Waals surface area (Å²) < 4.78 is 21.0. The topological polar surface area (TPSA) is 106 Å². The third-order valence-electron chi connectivity index (χ3n) is 5.16. The second kappa shape index (κ2) is 9.57. The SMILES string of the molecule is CNC(=O)c1cnc(Nc2cc(C)c(F)cn2)cc1Nc1cccc(-c2ccn(C)n2)c1OC. The van der Waals surface area contributed by atoms with Crippen LogP contribution in [0.5, 0.6) is 5.75 Å². The van der Waals surface area contributed by atoms with Crippen LogP contribution in [-0.4, -0.2) is 39.8 Å². The van der Waals surface area contributed by atoms with Gasteiger partial charge in [0.15, 0.2) is 5.75 Å². The summed E-state index contributed by atoms with van der Waals surface area (Å²) in [4.78, 5) is 20.9. The third kappa shape index (κ3) is 4.65. The lowest BCUT2D eigenvalue weighted by Crippen LogP contribution is -2.19. The Morgan fingerprint density at radius 3 is 2.50 bits per heavy atom. The first-order valence-electron chi connectivity index (χ1n) is 10.4. The van der Waals surface area contributed by atoms with Gasteiger partial charge in [0.25, 0.3) is 5.91 Å². The Kier molecular flexibility index (Phi) is 6.39. The molecule has 4 rings (SSSR count). The highest BCUT2D eigenvalue weighted by molar-refractivity contribution is 6.00. The van der Waals surface area contributed by atoms with Gasteiger partial charge in [-0.3, -0.25) is 9.48 Å². The molecule has 0 spiro atoms. The summed E-state index contributed by atoms with van der Waals surface area (Å²) in [7, 11) is 4.97. The zero-order valence-electron chi connectivity index (χ0n) is 19.2. The highest BCUT2D eigenvalue weighted by Crippen LogP contribution is 2.38. The van der Waals surface area contributed by atoms with Crippen molar-refractivity contribution in [2.45, 2.75) is 6.92 Å². The van der Waals surface area contributed by atoms with Crippen molar-refractivity contribution in [2.24, 2.45) is 7.05 Å². The van der Waals surface area contributed by atoms with Gasteiger partial charge in [-0.2, -0.15) is 5.10 Å². The van der Waals surface area contributed by atoms with E-state index in [1.807, 2.05) is 37.5 Å². The van der Waals surface area contributed by atoms with E-state index in [-0.39, 0.29) is 5.91 Å². The molecule has 174 valence electrons. The number of pyridine rings is 2. The molecule has 0 bridgehead atoms. The van der Waals surface area contributed by atoms with Gasteiger partial charge in [0, 0.05) is 38.1 Å². The lowest BCUT2D eigenvalue weighted by molar-refractivity contribution is 0.0963. The van der Waals surface area contributed by atoms with Gasteiger partial charge in [0.2, 0.25) is 0 Å². The first kappa shape index (κ1) is 22.7. The Morgan fingerprint density at radius 2 is 1.82 bits per heavy atom. The largest absolute Gasteiger partial charge is 0.494 e. The summed E-state index contributed by atoms with van der Waals surface area (Å²) in [5.74, 6) is 0.729. The number of para-hydroxylation sites is 1. The first-order chi connectivity index (χ1) is 16.4. The number of aromatic nitrogens is 4. The lowest BCUT2D eigenvalue weighted by Gasteiger charge is -2.17. The summed E-state index contributed by atoms with van der Waals surface area (Å²) in [6.45, 7) is 1.65. The average molecular weight is 462 g/mol. The van der Waals surface area contributed by atoms with Crippen LogP contribution in [0.15, 0.2) is 55.0 Å². The summed E-state index contributed by atoms with van der Waals surface area (Å²) in [5, 5.41) is 13.4. The number of hydrogen-bond acceptors (Lipinski definition) is 7. The minimum absolute atomic E-state index is 0.308. The minimum atomic E-state index is -0.393. The highest BCUT2D eigenvalue weighted by atomic mass is 19.1. The molecule has 0 fully saturated rings. The van der Waals surface area contributed by atoms with Crippen molar-refractivity contribution in [3.8, 4) is 17.0 Å². The van der Waals surface area contributed by atoms with E-state index in [0.29, 0.717) is 39.9 Å². The number of amides is 1. The monoisotopic (exact) mass is 461 g/mol. The van der Waals surface area contributed by atoms with Crippen molar-refractivity contribution < 1.29 is 13.9 Å². The van der Waals surface area contributed by atoms with E-state index in [1.54, 1.807) is 37.9 Å². The van der Waals surface area contributed by atoms with Gasteiger partial charge in [-0.1, -0.05) is 6.07 Å². The normalized spacial score (nSPS) is 10.6. The number of nitrogens with one attached hydrogen (secondary N) is 3. The standard InChI is InChI=1S/C24H24FN7O2/c1-14-10-21(28-13-17(14)25)30-22-11-20(16(12-27-22)24(33)26-2)29-19-7-5-6-15(23(19)34-4)18-8-9-32(3)31-18/h5-13H,1-4H3,(H,26,33)(H2,27,28,29,30). The maximum atomic E-state index is 13.6. The van der Waals surface area contributed by atoms with Gasteiger partial charge in [0.1, 0.15) is 17.5 Å². The molecule has 3 heterocycles. The minimum Gasteiger partial charge on any atom is -0.494 e. The predicted octanol–water partition coefficient (Wildman–Crippen LogP) is 4.18. The van der Waals surface area contributed by atoms with Crippen LogP contribution in [0.3, 0.4) is 0 Å². The molecule has 3 aromatic heterocycles. The van der Waals surface area contributed by atoms with Crippen LogP contribution in [0.1, 0.15) is 15.9 Å². The van der Waals surface area contributed by atoms with E-state index in [0.717, 1.165) is 17.5 Å². The molecule has 0 aliphatic heterocycles. The van der Waals surface area contributed by atoms with Crippen LogP contribution in [0.2, 0.25) is 0 Å². The number of benzene rings is 1. The molecule has 0 radical (unpaired) electrons. The summed E-state index contributed by atoms with van der Waals surface area (Å²) in [6, 6.07) is 10.8. The van der Waals surface area contributed by atoms with E-state index in [9.17, 15) is 9.18 Å². The Bertz CT molecular complexity index is 1350. The summed E-state index contributed by atoms with van der Waals surface area (Å²) in [5.41, 5.74) is 3.48. The molecule has 10 heteroatoms. The number of hydrogen-bond donors (Lipinski definition) is 3. The van der Waals surface area contributed by atoms with Crippen molar-refractivity contribution in [1.82, 2.24) is 25.1 Å². The molecule has 1 aromatic carbocycles. The quantitative estimate of drug-likeness (QED) is 0.379. The summed E-state index contributed by atoms with van der Waals surface area (Å²) >= 11 is 0. The fourth-order valence-electron chi connectivity index (χ4n) is 3.44. The molecule has 3 N–H and O–H groups in total. The zero-order chi connectivity index (χ0) is 24.2. The van der Waals surface area contributed by atoms with Crippen molar-refractivity contribution in [3.05, 3.63) is 71.9 Å². The molecule has 1 amide bonds. The predicted molar refractivity (Wildman–Crippen MR) is 128 cm³/mol. The van der Waals surface area contributed by atoms with Crippen LogP contribution < -0.4 is 20.7 Å². The van der Waals surface area contributed by atoms with Crippen molar-refractivity contribution >= 4 is 28.9 Å². The Hall–Kier alpha value is -4.47. The van der Waals surface area contributed by atoms with Crippen LogP contribution in [0.25, 0.3) is 11.3 Å². The Labute approximate surface area is 196 Å². The number of ether oxygens (including phenoxy) is 1. The molecule has 9 nitrogen and oxygen atoms in total. The molecule has 0 atom stereocenters. The van der Waals surface area contributed by atoms with E-state index >= 15 is 0 Å². The van der Waals surface area contributed by atoms with Crippen molar-refractivity contribution in [1.29, 1.82) is 0 Å². The van der Waals surface area contributed by atoms with E-state index in [4.69, 9.17) is 4.74 Å². The lowest BCUT2D eigenvalue weighted by atomic mass is 10.1. The van der Waals surface area contributed by atoms with Crippen LogP contribution in [-0.2, 0) is 7.05 Å². The van der Waals surface area contributed by atoms with Gasteiger partial charge < -0.3 is 20.7 Å². The molecular formula is C24H24FN7O2. The molecule has 4 aromatic rings. The molecule has 0 saturated carbocycles. The van der Waals surface area contributed by atoms with Crippen LogP contribution in [0, 0.1) is 12.7 Å². The molecule has 0 aliphatic rings. The number of nitrogens with zero attached hydrogens (tertiary/aromatic N) is 4. The van der Waals surface area contributed by atoms with E-state index in [2.05, 4.69) is 31.0 Å². The van der Waals surface area contributed by atoms with Crippen LogP contribution in [0.4, 0.5) is 27.4 Å². The van der Waals surface area contributed by atoms with Crippen LogP contribution >= 0.6 is 0 Å². The highest BCUT2D eigenvalue weighted by Gasteiger charge is 2.17. The maximum Gasteiger partial charge on any atom is 0.254 e. The van der Waals surface area contributed by atoms with Gasteiger partial charge in [0.05, 0.1) is 35.9 Å². The maximum absolute atomic E-state index is 13.6.